The number of carbonyl (C=O) groups is 2. The van der Waals surface area contributed by atoms with Gasteiger partial charge < -0.3 is 25.8 Å². The van der Waals surface area contributed by atoms with Gasteiger partial charge in [0.15, 0.2) is 0 Å². The van der Waals surface area contributed by atoms with E-state index in [1.807, 2.05) is 30.5 Å². The van der Waals surface area contributed by atoms with Crippen molar-refractivity contribution in [1.29, 1.82) is 0 Å². The number of aromatic nitrogens is 2. The number of amides is 1. The van der Waals surface area contributed by atoms with E-state index in [0.29, 0.717) is 5.39 Å². The summed E-state index contributed by atoms with van der Waals surface area (Å²) in [5, 5.41) is 4.39. The second-order valence-electron chi connectivity index (χ2n) is 7.69. The Morgan fingerprint density at radius 2 is 1.72 bits per heavy atom. The zero-order valence-corrected chi connectivity index (χ0v) is 17.7. The van der Waals surface area contributed by atoms with Gasteiger partial charge in [-0.25, -0.2) is 9.18 Å². The molecule has 2 aromatic heterocycles. The van der Waals surface area contributed by atoms with Gasteiger partial charge in [-0.3, -0.25) is 4.79 Å². The van der Waals surface area contributed by atoms with Gasteiger partial charge in [-0.2, -0.15) is 0 Å². The van der Waals surface area contributed by atoms with Crippen molar-refractivity contribution >= 4 is 33.7 Å². The number of rotatable bonds is 8. The van der Waals surface area contributed by atoms with E-state index in [1.54, 1.807) is 19.2 Å². The molecule has 0 saturated heterocycles. The topological polar surface area (TPSA) is 113 Å². The van der Waals surface area contributed by atoms with Crippen LogP contribution in [0.25, 0.3) is 21.8 Å². The lowest BCUT2D eigenvalue weighted by molar-refractivity contribution is -0.147. The second kappa shape index (κ2) is 9.23. The third kappa shape index (κ3) is 4.50. The normalized spacial score (nSPS) is 13.2. The SMILES string of the molecule is CCOC(=O)C(Cc1c[nH]c2ccccc12)NC(=O)C(N)Cc1c[nH]c2ccc(F)cc12. The highest BCUT2D eigenvalue weighted by molar-refractivity contribution is 5.90. The van der Waals surface area contributed by atoms with E-state index in [-0.39, 0.29) is 25.3 Å². The van der Waals surface area contributed by atoms with Gasteiger partial charge >= 0.3 is 5.97 Å². The van der Waals surface area contributed by atoms with E-state index in [4.69, 9.17) is 10.5 Å². The van der Waals surface area contributed by atoms with Crippen LogP contribution in [0.5, 0.6) is 0 Å². The fourth-order valence-corrected chi connectivity index (χ4v) is 3.88. The number of halogens is 1. The molecule has 0 aliphatic heterocycles. The fraction of sp³-hybridized carbons (Fsp3) is 0.250. The summed E-state index contributed by atoms with van der Waals surface area (Å²) in [5.41, 5.74) is 9.47. The number of nitrogens with two attached hydrogens (primary N) is 1. The Labute approximate surface area is 184 Å². The summed E-state index contributed by atoms with van der Waals surface area (Å²) in [6.45, 7) is 1.91. The number of esters is 1. The molecule has 1 amide bonds. The van der Waals surface area contributed by atoms with Crippen LogP contribution in [0.2, 0.25) is 0 Å². The zero-order valence-electron chi connectivity index (χ0n) is 17.7. The van der Waals surface area contributed by atoms with Crippen molar-refractivity contribution in [2.45, 2.75) is 31.8 Å². The van der Waals surface area contributed by atoms with Crippen molar-refractivity contribution in [2.75, 3.05) is 6.61 Å². The van der Waals surface area contributed by atoms with Crippen molar-refractivity contribution in [3.05, 3.63) is 71.8 Å². The van der Waals surface area contributed by atoms with Crippen LogP contribution in [0.1, 0.15) is 18.1 Å². The first-order valence-corrected chi connectivity index (χ1v) is 10.5. The van der Waals surface area contributed by atoms with Crippen LogP contribution in [-0.2, 0) is 27.2 Å². The van der Waals surface area contributed by atoms with E-state index >= 15 is 0 Å². The molecule has 0 spiro atoms. The van der Waals surface area contributed by atoms with Gasteiger partial charge in [-0.05, 0) is 48.7 Å². The molecule has 32 heavy (non-hydrogen) atoms. The quantitative estimate of drug-likeness (QED) is 0.318. The first-order chi connectivity index (χ1) is 15.5. The molecule has 2 heterocycles. The molecule has 0 aliphatic carbocycles. The number of nitrogens with one attached hydrogen (secondary N) is 3. The number of hydrogen-bond acceptors (Lipinski definition) is 4. The molecular weight excluding hydrogens is 411 g/mol. The Kier molecular flexibility index (Phi) is 6.23. The number of H-pyrrole nitrogens is 2. The largest absolute Gasteiger partial charge is 0.464 e. The van der Waals surface area contributed by atoms with Crippen LogP contribution in [-0.4, -0.2) is 40.5 Å². The Morgan fingerprint density at radius 3 is 2.47 bits per heavy atom. The molecule has 8 heteroatoms. The van der Waals surface area contributed by atoms with E-state index in [9.17, 15) is 14.0 Å². The van der Waals surface area contributed by atoms with Gasteiger partial charge in [-0.15, -0.1) is 0 Å². The molecule has 166 valence electrons. The average molecular weight is 436 g/mol. The summed E-state index contributed by atoms with van der Waals surface area (Å²) < 4.78 is 18.8. The predicted octanol–water partition coefficient (Wildman–Crippen LogP) is 2.95. The molecular formula is C24H25FN4O3. The lowest BCUT2D eigenvalue weighted by Gasteiger charge is -2.19. The second-order valence-corrected chi connectivity index (χ2v) is 7.69. The smallest absolute Gasteiger partial charge is 0.328 e. The Morgan fingerprint density at radius 1 is 1.03 bits per heavy atom. The summed E-state index contributed by atoms with van der Waals surface area (Å²) >= 11 is 0. The molecule has 2 unspecified atom stereocenters. The maximum absolute atomic E-state index is 13.6. The van der Waals surface area contributed by atoms with Gasteiger partial charge in [0.1, 0.15) is 11.9 Å². The van der Waals surface area contributed by atoms with Gasteiger partial charge in [0.05, 0.1) is 12.6 Å². The molecule has 0 fully saturated rings. The summed E-state index contributed by atoms with van der Waals surface area (Å²) in [4.78, 5) is 31.6. The summed E-state index contributed by atoms with van der Waals surface area (Å²) in [7, 11) is 0. The summed E-state index contributed by atoms with van der Waals surface area (Å²) in [6, 6.07) is 10.3. The minimum Gasteiger partial charge on any atom is -0.464 e. The maximum Gasteiger partial charge on any atom is 0.328 e. The first-order valence-electron chi connectivity index (χ1n) is 10.5. The van der Waals surface area contributed by atoms with Crippen molar-refractivity contribution in [1.82, 2.24) is 15.3 Å². The number of para-hydroxylation sites is 1. The number of aromatic amines is 2. The van der Waals surface area contributed by atoms with Crippen LogP contribution in [0.15, 0.2) is 54.9 Å². The minimum atomic E-state index is -0.919. The average Bonchev–Trinajstić information content (AvgIpc) is 3.37. The van der Waals surface area contributed by atoms with Crippen molar-refractivity contribution < 1.29 is 18.7 Å². The molecule has 0 aliphatic rings. The van der Waals surface area contributed by atoms with Gasteiger partial charge in [0, 0.05) is 40.6 Å². The molecule has 4 rings (SSSR count). The molecule has 0 bridgehead atoms. The van der Waals surface area contributed by atoms with Gasteiger partial charge in [0.25, 0.3) is 0 Å². The highest BCUT2D eigenvalue weighted by Crippen LogP contribution is 2.21. The summed E-state index contributed by atoms with van der Waals surface area (Å²) in [6.07, 6.45) is 3.99. The van der Waals surface area contributed by atoms with E-state index in [2.05, 4.69) is 15.3 Å². The minimum absolute atomic E-state index is 0.192. The Hall–Kier alpha value is -3.65. The molecule has 7 nitrogen and oxygen atoms in total. The summed E-state index contributed by atoms with van der Waals surface area (Å²) in [5.74, 6) is -1.36. The molecule has 4 aromatic rings. The van der Waals surface area contributed by atoms with Crippen LogP contribution in [0.4, 0.5) is 4.39 Å². The van der Waals surface area contributed by atoms with Gasteiger partial charge in [0.2, 0.25) is 5.91 Å². The predicted molar refractivity (Wildman–Crippen MR) is 121 cm³/mol. The first kappa shape index (κ1) is 21.6. The van der Waals surface area contributed by atoms with Crippen molar-refractivity contribution in [3.63, 3.8) is 0 Å². The molecule has 0 saturated carbocycles. The number of carbonyl (C=O) groups excluding carboxylic acids is 2. The van der Waals surface area contributed by atoms with Crippen molar-refractivity contribution in [2.24, 2.45) is 5.73 Å². The lowest BCUT2D eigenvalue weighted by Crippen LogP contribution is -2.50. The van der Waals surface area contributed by atoms with E-state index < -0.39 is 24.0 Å². The maximum atomic E-state index is 13.6. The van der Waals surface area contributed by atoms with Crippen LogP contribution < -0.4 is 11.1 Å². The van der Waals surface area contributed by atoms with E-state index in [1.165, 1.54) is 12.1 Å². The molecule has 5 N–H and O–H groups in total. The number of fused-ring (bicyclic) bond motifs is 2. The van der Waals surface area contributed by atoms with E-state index in [0.717, 1.165) is 27.5 Å². The highest BCUT2D eigenvalue weighted by Gasteiger charge is 2.26. The Bertz CT molecular complexity index is 1260. The van der Waals surface area contributed by atoms with Crippen LogP contribution >= 0.6 is 0 Å². The molecule has 2 aromatic carbocycles. The Balaban J connectivity index is 1.50. The monoisotopic (exact) mass is 436 g/mol. The third-order valence-electron chi connectivity index (χ3n) is 5.49. The van der Waals surface area contributed by atoms with Gasteiger partial charge in [-0.1, -0.05) is 18.2 Å². The third-order valence-corrected chi connectivity index (χ3v) is 5.49. The van der Waals surface area contributed by atoms with Crippen LogP contribution in [0.3, 0.4) is 0 Å². The van der Waals surface area contributed by atoms with Crippen LogP contribution in [0, 0.1) is 5.82 Å². The standard InChI is InChI=1S/C24H25FN4O3/c1-2-32-24(31)22(10-15-13-27-20-6-4-3-5-17(15)20)29-23(30)19(26)9-14-12-28-21-8-7-16(25)11-18(14)21/h3-8,11-13,19,22,27-28H,2,9-10,26H2,1H3,(H,29,30). The number of ether oxygens (including phenoxy) is 1. The molecule has 2 atom stereocenters. The lowest BCUT2D eigenvalue weighted by atomic mass is 10.0. The molecule has 0 radical (unpaired) electrons. The van der Waals surface area contributed by atoms with Crippen molar-refractivity contribution in [3.8, 4) is 0 Å². The fourth-order valence-electron chi connectivity index (χ4n) is 3.88. The number of hydrogen-bond donors (Lipinski definition) is 4. The highest BCUT2D eigenvalue weighted by atomic mass is 19.1. The zero-order chi connectivity index (χ0) is 22.7. The number of benzene rings is 2.